The molecule has 0 aliphatic carbocycles. The molecular weight excluding hydrogens is 178 g/mol. The van der Waals surface area contributed by atoms with Gasteiger partial charge in [0.05, 0.1) is 0 Å². The van der Waals surface area contributed by atoms with Gasteiger partial charge in [-0.25, -0.2) is 0 Å². The zero-order chi connectivity index (χ0) is 9.56. The first-order valence-corrected chi connectivity index (χ1v) is 4.64. The molecule has 70 valence electrons. The van der Waals surface area contributed by atoms with E-state index in [0.29, 0.717) is 18.2 Å². The van der Waals surface area contributed by atoms with Crippen molar-refractivity contribution in [3.63, 3.8) is 0 Å². The molecule has 1 unspecified atom stereocenters. The highest BCUT2D eigenvalue weighted by Gasteiger charge is 2.19. The number of unbranched alkanes of at least 4 members (excludes halogenated alkanes) is 1. The minimum atomic E-state index is -0.966. The van der Waals surface area contributed by atoms with Crippen molar-refractivity contribution in [1.82, 2.24) is 0 Å². The van der Waals surface area contributed by atoms with E-state index in [1.54, 1.807) is 0 Å². The van der Waals surface area contributed by atoms with Crippen LogP contribution < -0.4 is 5.73 Å². The van der Waals surface area contributed by atoms with Crippen molar-refractivity contribution in [1.29, 1.82) is 0 Å². The van der Waals surface area contributed by atoms with E-state index in [0.717, 1.165) is 12.8 Å². The Hall–Kier alpha value is -0.710. The van der Waals surface area contributed by atoms with Crippen LogP contribution in [-0.4, -0.2) is 21.6 Å². The summed E-state index contributed by atoms with van der Waals surface area (Å²) in [5.74, 6) is -0.966. The van der Waals surface area contributed by atoms with E-state index in [-0.39, 0.29) is 0 Å². The highest BCUT2D eigenvalue weighted by molar-refractivity contribution is 8.14. The molecule has 1 atom stereocenters. The quantitative estimate of drug-likeness (QED) is 0.689. The number of aliphatic carboxylic acids is 1. The molecule has 0 bridgehead atoms. The number of carbonyl (C=O) groups excluding carboxylic acids is 1. The van der Waals surface area contributed by atoms with Crippen molar-refractivity contribution < 1.29 is 14.7 Å². The predicted molar refractivity (Wildman–Crippen MR) is 48.1 cm³/mol. The number of hydrogen-bond acceptors (Lipinski definition) is 3. The lowest BCUT2D eigenvalue weighted by atomic mass is 10.2. The highest BCUT2D eigenvalue weighted by atomic mass is 32.2. The van der Waals surface area contributed by atoms with Gasteiger partial charge in [0.2, 0.25) is 0 Å². The Morgan fingerprint density at radius 2 is 2.17 bits per heavy atom. The van der Waals surface area contributed by atoms with E-state index in [2.05, 4.69) is 0 Å². The fourth-order valence-electron chi connectivity index (χ4n) is 0.763. The molecule has 0 aromatic heterocycles. The second-order valence-corrected chi connectivity index (χ2v) is 3.61. The van der Waals surface area contributed by atoms with E-state index >= 15 is 0 Å². The van der Waals surface area contributed by atoms with Gasteiger partial charge >= 0.3 is 5.97 Å². The molecule has 0 saturated carbocycles. The maximum atomic E-state index is 10.5. The summed E-state index contributed by atoms with van der Waals surface area (Å²) in [5, 5.41) is 7.32. The van der Waals surface area contributed by atoms with Gasteiger partial charge in [0.15, 0.2) is 0 Å². The number of hydrogen-bond donors (Lipinski definition) is 2. The summed E-state index contributed by atoms with van der Waals surface area (Å²) in [6.45, 7) is 1.97. The standard InChI is InChI=1S/C7H13NO3S/c1-2-3-4-5(6(9)10)12-7(8)11/h5H,2-4H2,1H3,(H2,8,11)(H,9,10). The second-order valence-electron chi connectivity index (χ2n) is 2.41. The van der Waals surface area contributed by atoms with Gasteiger partial charge in [-0.3, -0.25) is 9.59 Å². The largest absolute Gasteiger partial charge is 0.480 e. The Bertz CT molecular complexity index is 172. The van der Waals surface area contributed by atoms with Crippen LogP contribution in [0.5, 0.6) is 0 Å². The van der Waals surface area contributed by atoms with Crippen LogP contribution in [0.25, 0.3) is 0 Å². The van der Waals surface area contributed by atoms with Crippen molar-refractivity contribution >= 4 is 23.0 Å². The minimum Gasteiger partial charge on any atom is -0.480 e. The lowest BCUT2D eigenvalue weighted by Crippen LogP contribution is -2.20. The Balaban J connectivity index is 3.87. The monoisotopic (exact) mass is 191 g/mol. The SMILES string of the molecule is CCCCC(SC(N)=O)C(=O)O. The van der Waals surface area contributed by atoms with E-state index in [9.17, 15) is 9.59 Å². The number of nitrogens with two attached hydrogens (primary N) is 1. The van der Waals surface area contributed by atoms with Gasteiger partial charge in [0.25, 0.3) is 5.24 Å². The normalized spacial score (nSPS) is 12.4. The van der Waals surface area contributed by atoms with Crippen LogP contribution in [0.4, 0.5) is 4.79 Å². The van der Waals surface area contributed by atoms with E-state index < -0.39 is 16.5 Å². The molecular formula is C7H13NO3S. The van der Waals surface area contributed by atoms with Crippen molar-refractivity contribution in [2.75, 3.05) is 0 Å². The van der Waals surface area contributed by atoms with E-state index in [1.807, 2.05) is 6.92 Å². The first-order valence-electron chi connectivity index (χ1n) is 3.76. The van der Waals surface area contributed by atoms with Crippen LogP contribution >= 0.6 is 11.8 Å². The van der Waals surface area contributed by atoms with Gasteiger partial charge in [-0.15, -0.1) is 0 Å². The molecule has 0 spiro atoms. The fourth-order valence-corrected chi connectivity index (χ4v) is 1.43. The lowest BCUT2D eigenvalue weighted by Gasteiger charge is -2.07. The van der Waals surface area contributed by atoms with Gasteiger partial charge in [0.1, 0.15) is 5.25 Å². The van der Waals surface area contributed by atoms with Crippen molar-refractivity contribution in [3.05, 3.63) is 0 Å². The first kappa shape index (κ1) is 11.3. The van der Waals surface area contributed by atoms with Crippen molar-refractivity contribution in [2.45, 2.75) is 31.4 Å². The molecule has 4 nitrogen and oxygen atoms in total. The van der Waals surface area contributed by atoms with Gasteiger partial charge in [0, 0.05) is 0 Å². The summed E-state index contributed by atoms with van der Waals surface area (Å²) >= 11 is 0.687. The van der Waals surface area contributed by atoms with Gasteiger partial charge < -0.3 is 10.8 Å². The zero-order valence-electron chi connectivity index (χ0n) is 6.95. The molecule has 0 aliphatic rings. The molecule has 0 rings (SSSR count). The second kappa shape index (κ2) is 5.88. The zero-order valence-corrected chi connectivity index (χ0v) is 7.76. The molecule has 3 N–H and O–H groups in total. The van der Waals surface area contributed by atoms with Crippen molar-refractivity contribution in [3.8, 4) is 0 Å². The Morgan fingerprint density at radius 3 is 2.50 bits per heavy atom. The number of amides is 1. The number of thioether (sulfide) groups is 1. The summed E-state index contributed by atoms with van der Waals surface area (Å²) in [5.41, 5.74) is 4.86. The van der Waals surface area contributed by atoms with Crippen molar-refractivity contribution in [2.24, 2.45) is 5.73 Å². The maximum Gasteiger partial charge on any atom is 0.317 e. The van der Waals surface area contributed by atoms with Crippen LogP contribution in [0.2, 0.25) is 0 Å². The molecule has 0 radical (unpaired) electrons. The van der Waals surface area contributed by atoms with E-state index in [4.69, 9.17) is 10.8 Å². The molecule has 0 saturated heterocycles. The minimum absolute atomic E-state index is 0.499. The molecule has 1 amide bonds. The summed E-state index contributed by atoms with van der Waals surface area (Å²) in [4.78, 5) is 20.9. The average molecular weight is 191 g/mol. The lowest BCUT2D eigenvalue weighted by molar-refractivity contribution is -0.136. The fraction of sp³-hybridized carbons (Fsp3) is 0.714. The third kappa shape index (κ3) is 5.01. The number of rotatable bonds is 5. The smallest absolute Gasteiger partial charge is 0.317 e. The first-order chi connectivity index (χ1) is 5.57. The number of primary amides is 1. The molecule has 0 heterocycles. The van der Waals surface area contributed by atoms with Gasteiger partial charge in [-0.1, -0.05) is 19.8 Å². The number of carboxylic acid groups (broad SMARTS) is 1. The van der Waals surface area contributed by atoms with Crippen LogP contribution in [0.15, 0.2) is 0 Å². The highest BCUT2D eigenvalue weighted by Crippen LogP contribution is 2.17. The predicted octanol–water partition coefficient (Wildman–Crippen LogP) is 1.44. The van der Waals surface area contributed by atoms with Gasteiger partial charge in [-0.05, 0) is 18.2 Å². The summed E-state index contributed by atoms with van der Waals surface area (Å²) < 4.78 is 0. The van der Waals surface area contributed by atoms with Crippen LogP contribution in [0.1, 0.15) is 26.2 Å². The third-order valence-electron chi connectivity index (χ3n) is 1.35. The Labute approximate surface area is 75.5 Å². The van der Waals surface area contributed by atoms with Crippen LogP contribution in [0, 0.1) is 0 Å². The third-order valence-corrected chi connectivity index (χ3v) is 2.31. The molecule has 12 heavy (non-hydrogen) atoms. The van der Waals surface area contributed by atoms with Crippen LogP contribution in [0.3, 0.4) is 0 Å². The van der Waals surface area contributed by atoms with Gasteiger partial charge in [-0.2, -0.15) is 0 Å². The summed E-state index contributed by atoms with van der Waals surface area (Å²) in [6.07, 6.45) is 2.22. The maximum absolute atomic E-state index is 10.5. The molecule has 0 aliphatic heterocycles. The molecule has 5 heteroatoms. The average Bonchev–Trinajstić information content (AvgIpc) is 1.96. The Morgan fingerprint density at radius 1 is 1.58 bits per heavy atom. The topological polar surface area (TPSA) is 80.4 Å². The van der Waals surface area contributed by atoms with E-state index in [1.165, 1.54) is 0 Å². The molecule has 0 fully saturated rings. The van der Waals surface area contributed by atoms with Crippen LogP contribution in [-0.2, 0) is 4.79 Å². The number of carboxylic acids is 1. The summed E-state index contributed by atoms with van der Waals surface area (Å²) in [6, 6.07) is 0. The number of carbonyl (C=O) groups is 2. The summed E-state index contributed by atoms with van der Waals surface area (Å²) in [7, 11) is 0. The molecule has 0 aromatic carbocycles. The molecule has 0 aromatic rings. The Kier molecular flexibility index (Phi) is 5.53.